The predicted octanol–water partition coefficient (Wildman–Crippen LogP) is 1.46. The molecule has 14 heavy (non-hydrogen) atoms. The van der Waals surface area contributed by atoms with E-state index >= 15 is 0 Å². The average Bonchev–Trinajstić information content (AvgIpc) is 2.19. The zero-order valence-corrected chi connectivity index (χ0v) is 9.08. The van der Waals surface area contributed by atoms with Gasteiger partial charge in [-0.15, -0.1) is 0 Å². The Kier molecular flexibility index (Phi) is 2.84. The number of benzene rings is 1. The number of carbonyl (C=O) groups excluding carboxylic acids is 1. The summed E-state index contributed by atoms with van der Waals surface area (Å²) in [5.41, 5.74) is 1.06. The van der Waals surface area contributed by atoms with Crippen molar-refractivity contribution in [2.75, 3.05) is 6.54 Å². The molecule has 1 unspecified atom stereocenters. The lowest BCUT2D eigenvalue weighted by Crippen LogP contribution is -2.54. The molecule has 0 radical (unpaired) electrons. The minimum atomic E-state index is -0.262. The van der Waals surface area contributed by atoms with E-state index in [4.69, 9.17) is 4.74 Å². The fraction of sp³-hybridized carbons (Fsp3) is 0.300. The van der Waals surface area contributed by atoms with Crippen LogP contribution in [0.1, 0.15) is 5.56 Å². The fourth-order valence-electron chi connectivity index (χ4n) is 1.21. The van der Waals surface area contributed by atoms with Crippen LogP contribution in [0, 0.1) is 0 Å². The molecule has 1 N–H and O–H groups in total. The molecule has 0 aromatic heterocycles. The Morgan fingerprint density at radius 2 is 2.29 bits per heavy atom. The summed E-state index contributed by atoms with van der Waals surface area (Å²) in [6, 6.07) is 7.83. The van der Waals surface area contributed by atoms with Crippen molar-refractivity contribution in [1.29, 1.82) is 0 Å². The minimum absolute atomic E-state index is 0.0166. The number of hydrogen-bond acceptors (Lipinski definition) is 2. The monoisotopic (exact) mass is 255 g/mol. The van der Waals surface area contributed by atoms with Gasteiger partial charge >= 0.3 is 0 Å². The number of rotatable bonds is 3. The first-order valence-electron chi connectivity index (χ1n) is 4.40. The summed E-state index contributed by atoms with van der Waals surface area (Å²) in [6.07, 6.45) is -0.262. The molecule has 1 aliphatic rings. The molecule has 1 aromatic rings. The topological polar surface area (TPSA) is 38.3 Å². The van der Waals surface area contributed by atoms with E-state index in [1.54, 1.807) is 0 Å². The van der Waals surface area contributed by atoms with Crippen LogP contribution in [-0.4, -0.2) is 18.6 Å². The Morgan fingerprint density at radius 3 is 2.86 bits per heavy atom. The third kappa shape index (κ3) is 1.96. The van der Waals surface area contributed by atoms with Gasteiger partial charge in [0.1, 0.15) is 0 Å². The number of β-lactam (4-membered cyclic amide) rings is 1. The summed E-state index contributed by atoms with van der Waals surface area (Å²) >= 11 is 3.42. The molecule has 1 atom stereocenters. The van der Waals surface area contributed by atoms with E-state index in [9.17, 15) is 4.79 Å². The van der Waals surface area contributed by atoms with Crippen LogP contribution in [0.25, 0.3) is 0 Å². The zero-order valence-electron chi connectivity index (χ0n) is 7.50. The summed E-state index contributed by atoms with van der Waals surface area (Å²) in [7, 11) is 0. The van der Waals surface area contributed by atoms with Crippen molar-refractivity contribution in [3.05, 3.63) is 34.3 Å². The van der Waals surface area contributed by atoms with Crippen LogP contribution in [0.2, 0.25) is 0 Å². The number of ether oxygens (including phenoxy) is 1. The van der Waals surface area contributed by atoms with Crippen LogP contribution < -0.4 is 5.32 Å². The SMILES string of the molecule is O=C1NCC1OCc1ccccc1Br. The van der Waals surface area contributed by atoms with Crippen molar-refractivity contribution < 1.29 is 9.53 Å². The van der Waals surface area contributed by atoms with Gasteiger partial charge in [0.25, 0.3) is 5.91 Å². The molecular weight excluding hydrogens is 246 g/mol. The van der Waals surface area contributed by atoms with Crippen LogP contribution in [0.5, 0.6) is 0 Å². The molecule has 0 bridgehead atoms. The normalized spacial score (nSPS) is 20.1. The zero-order chi connectivity index (χ0) is 9.97. The Morgan fingerprint density at radius 1 is 1.50 bits per heavy atom. The lowest BCUT2D eigenvalue weighted by Gasteiger charge is -2.25. The summed E-state index contributed by atoms with van der Waals surface area (Å²) in [6.45, 7) is 1.10. The lowest BCUT2D eigenvalue weighted by atomic mass is 10.2. The molecule has 2 rings (SSSR count). The highest BCUT2D eigenvalue weighted by Gasteiger charge is 2.28. The van der Waals surface area contributed by atoms with Crippen LogP contribution in [-0.2, 0) is 16.1 Å². The number of halogens is 1. The molecule has 4 heteroatoms. The first kappa shape index (κ1) is 9.68. The molecule has 1 amide bonds. The molecule has 74 valence electrons. The molecule has 1 heterocycles. The second-order valence-corrected chi connectivity index (χ2v) is 3.99. The summed E-state index contributed by atoms with van der Waals surface area (Å²) < 4.78 is 6.43. The van der Waals surface area contributed by atoms with Gasteiger partial charge in [0.15, 0.2) is 6.10 Å². The van der Waals surface area contributed by atoms with Gasteiger partial charge in [0.05, 0.1) is 13.2 Å². The molecule has 0 saturated carbocycles. The first-order valence-corrected chi connectivity index (χ1v) is 5.19. The van der Waals surface area contributed by atoms with Gasteiger partial charge in [0.2, 0.25) is 0 Å². The van der Waals surface area contributed by atoms with Gasteiger partial charge in [-0.1, -0.05) is 34.1 Å². The molecule has 3 nitrogen and oxygen atoms in total. The predicted molar refractivity (Wildman–Crippen MR) is 55.7 cm³/mol. The third-order valence-corrected chi connectivity index (χ3v) is 2.93. The average molecular weight is 256 g/mol. The number of nitrogens with one attached hydrogen (secondary N) is 1. The van der Waals surface area contributed by atoms with Crippen LogP contribution in [0.15, 0.2) is 28.7 Å². The van der Waals surface area contributed by atoms with Crippen molar-refractivity contribution in [3.63, 3.8) is 0 Å². The highest BCUT2D eigenvalue weighted by atomic mass is 79.9. The van der Waals surface area contributed by atoms with Gasteiger partial charge in [-0.05, 0) is 11.6 Å². The molecule has 1 aromatic carbocycles. The van der Waals surface area contributed by atoms with E-state index < -0.39 is 0 Å². The van der Waals surface area contributed by atoms with E-state index in [1.165, 1.54) is 0 Å². The maximum absolute atomic E-state index is 10.9. The summed E-state index contributed by atoms with van der Waals surface area (Å²) in [5, 5.41) is 2.63. The van der Waals surface area contributed by atoms with Crippen LogP contribution >= 0.6 is 15.9 Å². The van der Waals surface area contributed by atoms with E-state index in [1.807, 2.05) is 24.3 Å². The molecule has 1 fully saturated rings. The van der Waals surface area contributed by atoms with E-state index in [-0.39, 0.29) is 12.0 Å². The van der Waals surface area contributed by atoms with E-state index in [0.717, 1.165) is 10.0 Å². The Bertz CT molecular complexity index is 354. The van der Waals surface area contributed by atoms with Crippen molar-refractivity contribution in [3.8, 4) is 0 Å². The van der Waals surface area contributed by atoms with E-state index in [0.29, 0.717) is 13.2 Å². The standard InChI is InChI=1S/C10H10BrNO2/c11-8-4-2-1-3-7(8)6-14-9-5-12-10(9)13/h1-4,9H,5-6H2,(H,12,13). The summed E-state index contributed by atoms with van der Waals surface area (Å²) in [5.74, 6) is -0.0166. The van der Waals surface area contributed by atoms with Gasteiger partial charge in [-0.25, -0.2) is 0 Å². The molecule has 0 aliphatic carbocycles. The second-order valence-electron chi connectivity index (χ2n) is 3.14. The number of carbonyl (C=O) groups is 1. The van der Waals surface area contributed by atoms with E-state index in [2.05, 4.69) is 21.2 Å². The molecular formula is C10H10BrNO2. The highest BCUT2D eigenvalue weighted by Crippen LogP contribution is 2.17. The van der Waals surface area contributed by atoms with Gasteiger partial charge < -0.3 is 10.1 Å². The number of amides is 1. The van der Waals surface area contributed by atoms with Crippen molar-refractivity contribution in [1.82, 2.24) is 5.32 Å². The van der Waals surface area contributed by atoms with Gasteiger partial charge in [-0.2, -0.15) is 0 Å². The second kappa shape index (κ2) is 4.11. The van der Waals surface area contributed by atoms with Crippen molar-refractivity contribution >= 4 is 21.8 Å². The lowest BCUT2D eigenvalue weighted by molar-refractivity contribution is -0.142. The minimum Gasteiger partial charge on any atom is -0.362 e. The maximum Gasteiger partial charge on any atom is 0.251 e. The smallest absolute Gasteiger partial charge is 0.251 e. The summed E-state index contributed by atoms with van der Waals surface area (Å²) in [4.78, 5) is 10.9. The van der Waals surface area contributed by atoms with Crippen molar-refractivity contribution in [2.45, 2.75) is 12.7 Å². The number of hydrogen-bond donors (Lipinski definition) is 1. The van der Waals surface area contributed by atoms with Crippen LogP contribution in [0.4, 0.5) is 0 Å². The molecule has 1 saturated heterocycles. The Hall–Kier alpha value is -0.870. The Balaban J connectivity index is 1.91. The first-order chi connectivity index (χ1) is 6.77. The fourth-order valence-corrected chi connectivity index (χ4v) is 1.61. The molecule has 0 spiro atoms. The van der Waals surface area contributed by atoms with Crippen molar-refractivity contribution in [2.24, 2.45) is 0 Å². The largest absolute Gasteiger partial charge is 0.362 e. The van der Waals surface area contributed by atoms with Gasteiger partial charge in [-0.3, -0.25) is 4.79 Å². The van der Waals surface area contributed by atoms with Gasteiger partial charge in [0, 0.05) is 4.47 Å². The third-order valence-electron chi connectivity index (χ3n) is 2.15. The highest BCUT2D eigenvalue weighted by molar-refractivity contribution is 9.10. The maximum atomic E-state index is 10.9. The quantitative estimate of drug-likeness (QED) is 0.831. The molecule has 1 aliphatic heterocycles. The Labute approximate surface area is 90.6 Å². The van der Waals surface area contributed by atoms with Crippen LogP contribution in [0.3, 0.4) is 0 Å².